The number of fused-ring (bicyclic) bond motifs is 1. The Labute approximate surface area is 199 Å². The highest BCUT2D eigenvalue weighted by Gasteiger charge is 2.13. The van der Waals surface area contributed by atoms with E-state index in [4.69, 9.17) is 0 Å². The number of H-pyrrole nitrogens is 1. The lowest BCUT2D eigenvalue weighted by Crippen LogP contribution is -2.13. The molecule has 0 unspecified atom stereocenters. The fraction of sp³-hybridized carbons (Fsp3) is 0.0769. The molecule has 3 heterocycles. The normalized spacial score (nSPS) is 11.0. The maximum absolute atomic E-state index is 13.1. The van der Waals surface area contributed by atoms with Gasteiger partial charge in [0.2, 0.25) is 0 Å². The average Bonchev–Trinajstić information content (AvgIpc) is 3.25. The van der Waals surface area contributed by atoms with Crippen molar-refractivity contribution >= 4 is 29.0 Å². The van der Waals surface area contributed by atoms with Gasteiger partial charge in [-0.2, -0.15) is 0 Å². The van der Waals surface area contributed by atoms with Crippen molar-refractivity contribution in [3.05, 3.63) is 112 Å². The number of aromatic nitrogens is 4. The van der Waals surface area contributed by atoms with Gasteiger partial charge >= 0.3 is 0 Å². The van der Waals surface area contributed by atoms with Crippen molar-refractivity contribution in [1.82, 2.24) is 19.4 Å². The Morgan fingerprint density at radius 2 is 1.88 bits per heavy atom. The van der Waals surface area contributed by atoms with Gasteiger partial charge in [-0.3, -0.25) is 9.59 Å². The van der Waals surface area contributed by atoms with E-state index in [0.29, 0.717) is 34.1 Å². The molecule has 0 aliphatic rings. The molecule has 0 saturated carbocycles. The smallest absolute Gasteiger partial charge is 0.256 e. The van der Waals surface area contributed by atoms with Crippen LogP contribution in [0.5, 0.6) is 0 Å². The molecule has 5 rings (SSSR count). The van der Waals surface area contributed by atoms with Crippen LogP contribution in [0, 0.1) is 6.92 Å². The molecular weight excluding hydrogens is 446 g/mol. The quantitative estimate of drug-likeness (QED) is 0.345. The van der Waals surface area contributed by atoms with E-state index >= 15 is 0 Å². The average molecular weight is 468 g/mol. The fourth-order valence-corrected chi connectivity index (χ4v) is 4.58. The largest absolute Gasteiger partial charge is 0.322 e. The lowest BCUT2D eigenvalue weighted by atomic mass is 10.1. The highest BCUT2D eigenvalue weighted by atomic mass is 32.2. The van der Waals surface area contributed by atoms with Crippen LogP contribution in [0.3, 0.4) is 0 Å². The number of nitrogens with zero attached hydrogens (tertiary/aromatic N) is 3. The molecule has 34 heavy (non-hydrogen) atoms. The van der Waals surface area contributed by atoms with E-state index in [1.165, 1.54) is 6.07 Å². The van der Waals surface area contributed by atoms with E-state index in [-0.39, 0.29) is 11.5 Å². The van der Waals surface area contributed by atoms with Gasteiger partial charge in [-0.15, -0.1) is 11.8 Å². The third-order valence-electron chi connectivity index (χ3n) is 5.18. The van der Waals surface area contributed by atoms with Gasteiger partial charge in [0.1, 0.15) is 11.5 Å². The Balaban J connectivity index is 1.34. The first-order valence-electron chi connectivity index (χ1n) is 10.7. The molecule has 7 nitrogen and oxygen atoms in total. The third kappa shape index (κ3) is 4.77. The minimum Gasteiger partial charge on any atom is -0.322 e. The van der Waals surface area contributed by atoms with Gasteiger partial charge in [0.15, 0.2) is 0 Å². The Hall–Kier alpha value is -4.17. The molecule has 0 radical (unpaired) electrons. The predicted molar refractivity (Wildman–Crippen MR) is 134 cm³/mol. The number of carbonyl (C=O) groups excluding carboxylic acids is 1. The zero-order valence-electron chi connectivity index (χ0n) is 18.4. The summed E-state index contributed by atoms with van der Waals surface area (Å²) in [4.78, 5) is 37.6. The number of aryl methyl sites for hydroxylation is 1. The van der Waals surface area contributed by atoms with E-state index in [1.807, 2.05) is 77.5 Å². The Bertz CT molecular complexity index is 1520. The summed E-state index contributed by atoms with van der Waals surface area (Å²) in [6.45, 7) is 1.77. The van der Waals surface area contributed by atoms with E-state index < -0.39 is 0 Å². The monoisotopic (exact) mass is 467 g/mol. The summed E-state index contributed by atoms with van der Waals surface area (Å²) in [7, 11) is 0. The SMILES string of the molecule is Cc1cc(=O)[nH]c(-c2cccc(NC(=O)c3ccccc3SCc3cn4ccccc4n3)c2)n1. The standard InChI is InChI=1S/C26H21N5O2S/c1-17-13-24(32)30-25(27-17)18-7-6-8-19(14-18)29-26(33)21-9-2-3-10-22(21)34-16-20-15-31-12-5-4-11-23(31)28-20/h2-15H,16H2,1H3,(H,29,33)(H,27,30,32). The molecule has 0 saturated heterocycles. The maximum Gasteiger partial charge on any atom is 0.256 e. The molecule has 0 fully saturated rings. The minimum absolute atomic E-state index is 0.207. The summed E-state index contributed by atoms with van der Waals surface area (Å²) in [6, 6.07) is 22.1. The number of anilines is 1. The molecular formula is C26H21N5O2S. The molecule has 2 aromatic carbocycles. The van der Waals surface area contributed by atoms with Crippen molar-refractivity contribution in [1.29, 1.82) is 0 Å². The lowest BCUT2D eigenvalue weighted by Gasteiger charge is -2.11. The summed E-state index contributed by atoms with van der Waals surface area (Å²) < 4.78 is 1.98. The first-order valence-corrected chi connectivity index (χ1v) is 11.7. The second-order valence-electron chi connectivity index (χ2n) is 7.75. The second-order valence-corrected chi connectivity index (χ2v) is 8.77. The molecule has 0 aliphatic carbocycles. The van der Waals surface area contributed by atoms with Gasteiger partial charge in [-0.25, -0.2) is 9.97 Å². The summed E-state index contributed by atoms with van der Waals surface area (Å²) >= 11 is 1.57. The minimum atomic E-state index is -0.214. The molecule has 0 aliphatic heterocycles. The van der Waals surface area contributed by atoms with Crippen molar-refractivity contribution in [2.75, 3.05) is 5.32 Å². The summed E-state index contributed by atoms with van der Waals surface area (Å²) in [5.74, 6) is 0.902. The zero-order valence-corrected chi connectivity index (χ0v) is 19.2. The van der Waals surface area contributed by atoms with Crippen molar-refractivity contribution in [2.24, 2.45) is 0 Å². The van der Waals surface area contributed by atoms with Crippen molar-refractivity contribution in [3.8, 4) is 11.4 Å². The summed E-state index contributed by atoms with van der Waals surface area (Å²) in [6.07, 6.45) is 3.97. The maximum atomic E-state index is 13.1. The second kappa shape index (κ2) is 9.36. The first kappa shape index (κ1) is 21.7. The van der Waals surface area contributed by atoms with Gasteiger partial charge in [-0.05, 0) is 43.3 Å². The van der Waals surface area contributed by atoms with Crippen LogP contribution in [0.15, 0.2) is 94.9 Å². The summed E-state index contributed by atoms with van der Waals surface area (Å²) in [5, 5.41) is 2.97. The number of nitrogens with one attached hydrogen (secondary N) is 2. The van der Waals surface area contributed by atoms with Crippen LogP contribution in [0.2, 0.25) is 0 Å². The fourth-order valence-electron chi connectivity index (χ4n) is 3.65. The Kier molecular flexibility index (Phi) is 5.97. The third-order valence-corrected chi connectivity index (χ3v) is 6.29. The van der Waals surface area contributed by atoms with E-state index in [2.05, 4.69) is 20.3 Å². The van der Waals surface area contributed by atoms with Crippen LogP contribution >= 0.6 is 11.8 Å². The number of hydrogen-bond acceptors (Lipinski definition) is 5. The van der Waals surface area contributed by atoms with Gasteiger partial charge in [0.05, 0.1) is 11.3 Å². The van der Waals surface area contributed by atoms with Gasteiger partial charge in [0.25, 0.3) is 11.5 Å². The van der Waals surface area contributed by atoms with Gasteiger partial charge < -0.3 is 14.7 Å². The molecule has 5 aromatic rings. The van der Waals surface area contributed by atoms with E-state index in [9.17, 15) is 9.59 Å². The molecule has 0 spiro atoms. The van der Waals surface area contributed by atoms with Crippen molar-refractivity contribution in [3.63, 3.8) is 0 Å². The van der Waals surface area contributed by atoms with Crippen LogP contribution in [-0.4, -0.2) is 25.3 Å². The molecule has 0 atom stereocenters. The van der Waals surface area contributed by atoms with Gasteiger partial charge in [0, 0.05) is 46.1 Å². The predicted octanol–water partition coefficient (Wildman–Crippen LogP) is 4.94. The first-order chi connectivity index (χ1) is 16.5. The molecule has 8 heteroatoms. The Morgan fingerprint density at radius 3 is 2.74 bits per heavy atom. The number of thioether (sulfide) groups is 1. The number of pyridine rings is 1. The van der Waals surface area contributed by atoms with Crippen LogP contribution in [0.25, 0.3) is 17.0 Å². The molecule has 1 amide bonds. The van der Waals surface area contributed by atoms with Crippen LogP contribution < -0.4 is 10.9 Å². The van der Waals surface area contributed by atoms with Crippen LogP contribution in [0.4, 0.5) is 5.69 Å². The number of rotatable bonds is 6. The molecule has 2 N–H and O–H groups in total. The number of benzene rings is 2. The van der Waals surface area contributed by atoms with E-state index in [0.717, 1.165) is 16.2 Å². The number of amides is 1. The number of aromatic amines is 1. The topological polar surface area (TPSA) is 92.2 Å². The molecule has 168 valence electrons. The summed E-state index contributed by atoms with van der Waals surface area (Å²) in [5.41, 5.74) is 4.18. The van der Waals surface area contributed by atoms with E-state index in [1.54, 1.807) is 24.8 Å². The Morgan fingerprint density at radius 1 is 1.03 bits per heavy atom. The van der Waals surface area contributed by atoms with Crippen molar-refractivity contribution < 1.29 is 4.79 Å². The lowest BCUT2D eigenvalue weighted by molar-refractivity contribution is 0.102. The number of carbonyl (C=O) groups is 1. The molecule has 0 bridgehead atoms. The van der Waals surface area contributed by atoms with Crippen molar-refractivity contribution in [2.45, 2.75) is 17.6 Å². The number of imidazole rings is 1. The highest BCUT2D eigenvalue weighted by Crippen LogP contribution is 2.27. The number of hydrogen-bond donors (Lipinski definition) is 2. The van der Waals surface area contributed by atoms with Crippen LogP contribution in [0.1, 0.15) is 21.7 Å². The highest BCUT2D eigenvalue weighted by molar-refractivity contribution is 7.98. The zero-order chi connectivity index (χ0) is 23.5. The van der Waals surface area contributed by atoms with Gasteiger partial charge in [-0.1, -0.05) is 30.3 Å². The molecule has 3 aromatic heterocycles. The van der Waals surface area contributed by atoms with Crippen LogP contribution in [-0.2, 0) is 5.75 Å².